The molecular weight excluding hydrogens is 274 g/mol. The fourth-order valence-electron chi connectivity index (χ4n) is 4.31. The number of benzene rings is 1. The van der Waals surface area contributed by atoms with Crippen LogP contribution in [0.25, 0.3) is 0 Å². The van der Waals surface area contributed by atoms with Gasteiger partial charge in [0.1, 0.15) is 0 Å². The lowest BCUT2D eigenvalue weighted by Crippen LogP contribution is -2.43. The number of hydrogen-bond donors (Lipinski definition) is 2. The number of carbonyl (C=O) groups is 1. The van der Waals surface area contributed by atoms with Gasteiger partial charge in [0.2, 0.25) is 5.91 Å². The van der Waals surface area contributed by atoms with Crippen LogP contribution in [0, 0.1) is 11.8 Å². The van der Waals surface area contributed by atoms with Crippen molar-refractivity contribution in [3.8, 4) is 0 Å². The van der Waals surface area contributed by atoms with Crippen molar-refractivity contribution in [2.45, 2.75) is 25.7 Å². The van der Waals surface area contributed by atoms with Gasteiger partial charge in [-0.25, -0.2) is 0 Å². The largest absolute Gasteiger partial charge is 0.325 e. The van der Waals surface area contributed by atoms with Gasteiger partial charge in [0.15, 0.2) is 0 Å². The summed E-state index contributed by atoms with van der Waals surface area (Å²) in [5.41, 5.74) is 3.83. The molecule has 1 aliphatic carbocycles. The second-order valence-electron chi connectivity index (χ2n) is 7.09. The number of carbonyl (C=O) groups excluding carboxylic acids is 1. The lowest BCUT2D eigenvalue weighted by atomic mass is 9.89. The quantitative estimate of drug-likeness (QED) is 0.892. The summed E-state index contributed by atoms with van der Waals surface area (Å²) < 4.78 is 0. The van der Waals surface area contributed by atoms with E-state index in [9.17, 15) is 4.79 Å². The Balaban J connectivity index is 1.33. The zero-order chi connectivity index (χ0) is 14.9. The number of piperidine rings is 1. The number of amides is 1. The summed E-state index contributed by atoms with van der Waals surface area (Å²) in [7, 11) is 0. The number of nitrogens with one attached hydrogen (secondary N) is 2. The first-order valence-corrected chi connectivity index (χ1v) is 8.62. The van der Waals surface area contributed by atoms with Gasteiger partial charge in [-0.15, -0.1) is 0 Å². The summed E-state index contributed by atoms with van der Waals surface area (Å²) in [6.45, 7) is 4.93. The highest BCUT2D eigenvalue weighted by Gasteiger charge is 2.33. The Morgan fingerprint density at radius 1 is 1.23 bits per heavy atom. The van der Waals surface area contributed by atoms with E-state index >= 15 is 0 Å². The van der Waals surface area contributed by atoms with Gasteiger partial charge in [-0.05, 0) is 80.4 Å². The molecule has 2 N–H and O–H groups in total. The van der Waals surface area contributed by atoms with Crippen LogP contribution in [0.3, 0.4) is 0 Å². The number of anilines is 1. The Morgan fingerprint density at radius 3 is 3.05 bits per heavy atom. The number of likely N-dealkylation sites (tertiary alicyclic amines) is 1. The maximum atomic E-state index is 12.3. The Labute approximate surface area is 132 Å². The Morgan fingerprint density at radius 2 is 2.09 bits per heavy atom. The third-order valence-corrected chi connectivity index (χ3v) is 5.54. The molecule has 2 atom stereocenters. The van der Waals surface area contributed by atoms with Crippen LogP contribution in [0.1, 0.15) is 24.0 Å². The third kappa shape index (κ3) is 2.90. The van der Waals surface area contributed by atoms with E-state index in [0.717, 1.165) is 43.6 Å². The molecule has 4 rings (SSSR count). The maximum Gasteiger partial charge on any atom is 0.238 e. The number of nitrogens with zero attached hydrogens (tertiary/aromatic N) is 1. The fourth-order valence-corrected chi connectivity index (χ4v) is 4.31. The molecule has 0 aromatic heterocycles. The highest BCUT2D eigenvalue weighted by atomic mass is 16.2. The van der Waals surface area contributed by atoms with E-state index < -0.39 is 0 Å². The van der Waals surface area contributed by atoms with Gasteiger partial charge in [-0.2, -0.15) is 0 Å². The van der Waals surface area contributed by atoms with Crippen LogP contribution in [-0.2, 0) is 17.6 Å². The van der Waals surface area contributed by atoms with Gasteiger partial charge >= 0.3 is 0 Å². The molecule has 0 saturated carbocycles. The Hall–Kier alpha value is -1.39. The molecule has 1 aromatic rings. The fraction of sp³-hybridized carbons (Fsp3) is 0.611. The lowest BCUT2D eigenvalue weighted by Gasteiger charge is -2.33. The molecule has 3 aliphatic rings. The molecule has 2 saturated heterocycles. The van der Waals surface area contributed by atoms with Crippen molar-refractivity contribution in [2.75, 3.05) is 38.0 Å². The van der Waals surface area contributed by atoms with E-state index in [0.29, 0.717) is 6.54 Å². The third-order valence-electron chi connectivity index (χ3n) is 5.54. The Bertz CT molecular complexity index is 571. The van der Waals surface area contributed by atoms with Gasteiger partial charge in [0.25, 0.3) is 0 Å². The summed E-state index contributed by atoms with van der Waals surface area (Å²) in [6, 6.07) is 6.39. The number of rotatable bonds is 3. The van der Waals surface area contributed by atoms with Crippen molar-refractivity contribution >= 4 is 11.6 Å². The maximum absolute atomic E-state index is 12.3. The molecular formula is C18H25N3O. The van der Waals surface area contributed by atoms with Crippen LogP contribution in [0.2, 0.25) is 0 Å². The summed E-state index contributed by atoms with van der Waals surface area (Å²) in [5.74, 6) is 1.69. The molecule has 22 heavy (non-hydrogen) atoms. The predicted molar refractivity (Wildman–Crippen MR) is 88.0 cm³/mol. The molecule has 1 amide bonds. The van der Waals surface area contributed by atoms with Gasteiger partial charge in [0.05, 0.1) is 6.54 Å². The van der Waals surface area contributed by atoms with Crippen LogP contribution in [-0.4, -0.2) is 43.5 Å². The summed E-state index contributed by atoms with van der Waals surface area (Å²) in [4.78, 5) is 14.6. The molecule has 0 bridgehead atoms. The first-order chi connectivity index (χ1) is 10.8. The molecule has 118 valence electrons. The van der Waals surface area contributed by atoms with E-state index in [1.165, 1.54) is 36.9 Å². The van der Waals surface area contributed by atoms with E-state index in [1.807, 2.05) is 0 Å². The highest BCUT2D eigenvalue weighted by Crippen LogP contribution is 2.27. The second kappa shape index (κ2) is 6.01. The van der Waals surface area contributed by atoms with Crippen molar-refractivity contribution in [1.82, 2.24) is 10.2 Å². The standard InChI is InChI=1S/C18H25N3O/c22-18(12-21-7-6-15-9-19-10-16(15)11-21)20-17-5-4-13-2-1-3-14(13)8-17/h4-5,8,15-16,19H,1-3,6-7,9-12H2,(H,20,22). The first-order valence-electron chi connectivity index (χ1n) is 8.62. The zero-order valence-corrected chi connectivity index (χ0v) is 13.1. The molecule has 2 unspecified atom stereocenters. The number of aryl methyl sites for hydroxylation is 2. The summed E-state index contributed by atoms with van der Waals surface area (Å²) in [6.07, 6.45) is 4.82. The van der Waals surface area contributed by atoms with E-state index in [2.05, 4.69) is 33.7 Å². The van der Waals surface area contributed by atoms with Crippen molar-refractivity contribution in [3.63, 3.8) is 0 Å². The average molecular weight is 299 g/mol. The minimum Gasteiger partial charge on any atom is -0.325 e. The minimum atomic E-state index is 0.127. The molecule has 4 nitrogen and oxygen atoms in total. The molecule has 1 aromatic carbocycles. The van der Waals surface area contributed by atoms with Crippen molar-refractivity contribution < 1.29 is 4.79 Å². The molecule has 2 aliphatic heterocycles. The molecule has 2 fully saturated rings. The summed E-state index contributed by atoms with van der Waals surface area (Å²) >= 11 is 0. The van der Waals surface area contributed by atoms with Gasteiger partial charge < -0.3 is 10.6 Å². The highest BCUT2D eigenvalue weighted by molar-refractivity contribution is 5.92. The van der Waals surface area contributed by atoms with E-state index in [-0.39, 0.29) is 5.91 Å². The molecule has 4 heteroatoms. The van der Waals surface area contributed by atoms with Crippen LogP contribution < -0.4 is 10.6 Å². The normalized spacial score (nSPS) is 27.5. The topological polar surface area (TPSA) is 44.4 Å². The van der Waals surface area contributed by atoms with E-state index in [1.54, 1.807) is 0 Å². The van der Waals surface area contributed by atoms with E-state index in [4.69, 9.17) is 0 Å². The van der Waals surface area contributed by atoms with Crippen molar-refractivity contribution in [2.24, 2.45) is 11.8 Å². The number of hydrogen-bond acceptors (Lipinski definition) is 3. The second-order valence-corrected chi connectivity index (χ2v) is 7.09. The zero-order valence-electron chi connectivity index (χ0n) is 13.1. The smallest absolute Gasteiger partial charge is 0.238 e. The minimum absolute atomic E-state index is 0.127. The number of fused-ring (bicyclic) bond motifs is 2. The van der Waals surface area contributed by atoms with Crippen molar-refractivity contribution in [3.05, 3.63) is 29.3 Å². The van der Waals surface area contributed by atoms with Crippen LogP contribution >= 0.6 is 0 Å². The summed E-state index contributed by atoms with van der Waals surface area (Å²) in [5, 5.41) is 6.56. The predicted octanol–water partition coefficient (Wildman–Crippen LogP) is 1.66. The molecule has 0 radical (unpaired) electrons. The molecule has 0 spiro atoms. The van der Waals surface area contributed by atoms with Crippen molar-refractivity contribution in [1.29, 1.82) is 0 Å². The van der Waals surface area contributed by atoms with Gasteiger partial charge in [-0.3, -0.25) is 9.69 Å². The van der Waals surface area contributed by atoms with Gasteiger partial charge in [-0.1, -0.05) is 6.07 Å². The first kappa shape index (κ1) is 14.2. The van der Waals surface area contributed by atoms with Gasteiger partial charge in [0, 0.05) is 12.2 Å². The SMILES string of the molecule is O=C(CN1CCC2CNCC2C1)Nc1ccc2c(c1)CCC2. The lowest BCUT2D eigenvalue weighted by molar-refractivity contribution is -0.117. The molecule has 2 heterocycles. The van der Waals surface area contributed by atoms with Crippen LogP contribution in [0.5, 0.6) is 0 Å². The van der Waals surface area contributed by atoms with Crippen LogP contribution in [0.15, 0.2) is 18.2 Å². The monoisotopic (exact) mass is 299 g/mol. The Kier molecular flexibility index (Phi) is 3.89. The average Bonchev–Trinajstić information content (AvgIpc) is 3.14. The van der Waals surface area contributed by atoms with Crippen LogP contribution in [0.4, 0.5) is 5.69 Å².